The highest BCUT2D eigenvalue weighted by Crippen LogP contribution is 2.49. The number of ether oxygens (including phenoxy) is 2. The number of nitrogens with one attached hydrogen (secondary N) is 1. The van der Waals surface area contributed by atoms with Gasteiger partial charge in [-0.3, -0.25) is 4.79 Å². The molecule has 0 bridgehead atoms. The van der Waals surface area contributed by atoms with Crippen molar-refractivity contribution in [2.45, 2.75) is 37.8 Å². The second-order valence-corrected chi connectivity index (χ2v) is 7.13. The van der Waals surface area contributed by atoms with Crippen molar-refractivity contribution >= 4 is 11.7 Å². The first-order valence-corrected chi connectivity index (χ1v) is 9.39. The second kappa shape index (κ2) is 7.50. The molecule has 1 saturated heterocycles. The number of hydrogen-bond donors (Lipinski definition) is 1. The van der Waals surface area contributed by atoms with Crippen molar-refractivity contribution < 1.29 is 14.3 Å². The van der Waals surface area contributed by atoms with E-state index in [-0.39, 0.29) is 18.1 Å². The zero-order valence-corrected chi connectivity index (χ0v) is 15.1. The molecule has 3 atom stereocenters. The van der Waals surface area contributed by atoms with Crippen molar-refractivity contribution in [2.75, 3.05) is 19.0 Å². The molecule has 26 heavy (non-hydrogen) atoms. The van der Waals surface area contributed by atoms with E-state index in [2.05, 4.69) is 53.8 Å². The van der Waals surface area contributed by atoms with E-state index < -0.39 is 0 Å². The molecule has 4 nitrogen and oxygen atoms in total. The highest BCUT2D eigenvalue weighted by Gasteiger charge is 2.39. The van der Waals surface area contributed by atoms with E-state index in [1.54, 1.807) is 0 Å². The van der Waals surface area contributed by atoms with Gasteiger partial charge in [-0.25, -0.2) is 0 Å². The number of carbonyl (C=O) groups is 1. The quantitative estimate of drug-likeness (QED) is 0.828. The molecule has 1 N–H and O–H groups in total. The maximum atomic E-state index is 11.4. The summed E-state index contributed by atoms with van der Waals surface area (Å²) in [4.78, 5) is 11.4. The first-order chi connectivity index (χ1) is 12.8. The average molecular weight is 351 g/mol. The summed E-state index contributed by atoms with van der Waals surface area (Å²) < 4.78 is 11.0. The first-order valence-electron chi connectivity index (χ1n) is 9.39. The van der Waals surface area contributed by atoms with Crippen molar-refractivity contribution in [3.63, 3.8) is 0 Å². The fraction of sp³-hybridized carbons (Fsp3) is 0.409. The summed E-state index contributed by atoms with van der Waals surface area (Å²) in [7, 11) is 1.43. The minimum absolute atomic E-state index is 0.114. The van der Waals surface area contributed by atoms with Crippen molar-refractivity contribution in [1.29, 1.82) is 0 Å². The van der Waals surface area contributed by atoms with Gasteiger partial charge in [0, 0.05) is 30.2 Å². The van der Waals surface area contributed by atoms with Gasteiger partial charge in [-0.05, 0) is 36.5 Å². The lowest BCUT2D eigenvalue weighted by molar-refractivity contribution is -0.140. The highest BCUT2D eigenvalue weighted by molar-refractivity contribution is 5.69. The number of methoxy groups -OCH3 is 1. The van der Waals surface area contributed by atoms with Crippen molar-refractivity contribution in [2.24, 2.45) is 5.92 Å². The zero-order valence-electron chi connectivity index (χ0n) is 15.1. The third-order valence-electron chi connectivity index (χ3n) is 5.53. The molecule has 136 valence electrons. The van der Waals surface area contributed by atoms with Crippen LogP contribution in [0.3, 0.4) is 0 Å². The molecule has 1 unspecified atom stereocenters. The van der Waals surface area contributed by atoms with E-state index in [0.717, 1.165) is 30.7 Å². The van der Waals surface area contributed by atoms with E-state index in [1.807, 2.05) is 0 Å². The largest absolute Gasteiger partial charge is 0.469 e. The molecule has 1 fully saturated rings. The minimum Gasteiger partial charge on any atom is -0.469 e. The number of esters is 1. The summed E-state index contributed by atoms with van der Waals surface area (Å²) in [5, 5.41) is 3.74. The van der Waals surface area contributed by atoms with Gasteiger partial charge in [0.2, 0.25) is 0 Å². The van der Waals surface area contributed by atoms with E-state index in [9.17, 15) is 4.79 Å². The summed E-state index contributed by atoms with van der Waals surface area (Å²) in [5.74, 6) is 0.256. The van der Waals surface area contributed by atoms with Gasteiger partial charge >= 0.3 is 5.97 Å². The Morgan fingerprint density at radius 3 is 2.88 bits per heavy atom. The Morgan fingerprint density at radius 1 is 1.23 bits per heavy atom. The third-order valence-corrected chi connectivity index (χ3v) is 5.53. The van der Waals surface area contributed by atoms with E-state index in [0.29, 0.717) is 18.8 Å². The van der Waals surface area contributed by atoms with Gasteiger partial charge in [-0.1, -0.05) is 42.5 Å². The van der Waals surface area contributed by atoms with Gasteiger partial charge in [0.15, 0.2) is 0 Å². The Kier molecular flexibility index (Phi) is 4.93. The number of rotatable bonds is 4. The van der Waals surface area contributed by atoms with E-state index in [4.69, 9.17) is 9.47 Å². The Balaban J connectivity index is 1.63. The van der Waals surface area contributed by atoms with Gasteiger partial charge in [0.1, 0.15) is 0 Å². The topological polar surface area (TPSA) is 47.6 Å². The SMILES string of the molecule is COC(=O)CCc1ccc2c(c1)[C@@H]1OCCC[C@@H]1C(c1ccccc1)N2. The smallest absolute Gasteiger partial charge is 0.305 e. The summed E-state index contributed by atoms with van der Waals surface area (Å²) >= 11 is 0. The number of fused-ring (bicyclic) bond motifs is 3. The predicted octanol–water partition coefficient (Wildman–Crippen LogP) is 4.43. The minimum atomic E-state index is -0.170. The summed E-state index contributed by atoms with van der Waals surface area (Å²) in [5.41, 5.74) is 4.84. The maximum Gasteiger partial charge on any atom is 0.305 e. The van der Waals surface area contributed by atoms with Gasteiger partial charge in [-0.2, -0.15) is 0 Å². The molecule has 4 rings (SSSR count). The summed E-state index contributed by atoms with van der Waals surface area (Å²) in [6, 6.07) is 17.3. The lowest BCUT2D eigenvalue weighted by Crippen LogP contribution is -2.36. The van der Waals surface area contributed by atoms with Gasteiger partial charge < -0.3 is 14.8 Å². The van der Waals surface area contributed by atoms with Crippen LogP contribution in [0.2, 0.25) is 0 Å². The van der Waals surface area contributed by atoms with Crippen molar-refractivity contribution in [3.05, 3.63) is 65.2 Å². The molecule has 2 heterocycles. The van der Waals surface area contributed by atoms with Crippen LogP contribution in [0, 0.1) is 5.92 Å². The monoisotopic (exact) mass is 351 g/mol. The summed E-state index contributed by atoms with van der Waals surface area (Å²) in [6.45, 7) is 0.814. The van der Waals surface area contributed by atoms with E-state index >= 15 is 0 Å². The molecule has 0 aromatic heterocycles. The molecule has 0 amide bonds. The molecule has 0 spiro atoms. The molecule has 0 radical (unpaired) electrons. The van der Waals surface area contributed by atoms with Crippen molar-refractivity contribution in [1.82, 2.24) is 0 Å². The van der Waals surface area contributed by atoms with E-state index in [1.165, 1.54) is 18.2 Å². The van der Waals surface area contributed by atoms with Crippen LogP contribution < -0.4 is 5.32 Å². The third kappa shape index (κ3) is 3.34. The fourth-order valence-corrected chi connectivity index (χ4v) is 4.21. The van der Waals surface area contributed by atoms with Crippen LogP contribution >= 0.6 is 0 Å². The number of benzene rings is 2. The molecule has 2 aliphatic heterocycles. The molecule has 0 aliphatic carbocycles. The average Bonchev–Trinajstić information content (AvgIpc) is 2.72. The standard InChI is InChI=1S/C22H25NO3/c1-25-20(24)12-10-15-9-11-19-18(14-15)22-17(8-5-13-26-22)21(23-19)16-6-3-2-4-7-16/h2-4,6-7,9,11,14,17,21-23H,5,8,10,12-13H2,1H3/t17-,21?,22-/m1/s1. The van der Waals surface area contributed by atoms with Crippen LogP contribution in [-0.2, 0) is 20.7 Å². The normalized spacial score (nSPS) is 24.1. The van der Waals surface area contributed by atoms with Crippen LogP contribution in [0.15, 0.2) is 48.5 Å². The van der Waals surface area contributed by atoms with Gasteiger partial charge in [0.25, 0.3) is 0 Å². The lowest BCUT2D eigenvalue weighted by Gasteiger charge is -2.43. The van der Waals surface area contributed by atoms with Crippen LogP contribution in [0.1, 0.15) is 48.1 Å². The highest BCUT2D eigenvalue weighted by atomic mass is 16.5. The first kappa shape index (κ1) is 17.1. The molecule has 2 aromatic rings. The Hall–Kier alpha value is -2.33. The van der Waals surface area contributed by atoms with Crippen LogP contribution in [0.25, 0.3) is 0 Å². The Morgan fingerprint density at radius 2 is 2.08 bits per heavy atom. The predicted molar refractivity (Wildman–Crippen MR) is 101 cm³/mol. The van der Waals surface area contributed by atoms with Crippen molar-refractivity contribution in [3.8, 4) is 0 Å². The Labute approximate surface area is 154 Å². The zero-order chi connectivity index (χ0) is 17.9. The number of carbonyl (C=O) groups excluding carboxylic acids is 1. The number of hydrogen-bond acceptors (Lipinski definition) is 4. The van der Waals surface area contributed by atoms with Crippen LogP contribution in [-0.4, -0.2) is 19.7 Å². The molecule has 0 saturated carbocycles. The van der Waals surface area contributed by atoms with Gasteiger partial charge in [-0.15, -0.1) is 0 Å². The molecule has 4 heteroatoms. The van der Waals surface area contributed by atoms with Crippen LogP contribution in [0.4, 0.5) is 5.69 Å². The molecular formula is C22H25NO3. The molecule has 2 aromatic carbocycles. The second-order valence-electron chi connectivity index (χ2n) is 7.13. The Bertz CT molecular complexity index is 774. The summed E-state index contributed by atoms with van der Waals surface area (Å²) in [6.07, 6.45) is 3.47. The molecule has 2 aliphatic rings. The van der Waals surface area contributed by atoms with Gasteiger partial charge in [0.05, 0.1) is 19.3 Å². The molecular weight excluding hydrogens is 326 g/mol. The fourth-order valence-electron chi connectivity index (χ4n) is 4.21. The number of anilines is 1. The maximum absolute atomic E-state index is 11.4. The van der Waals surface area contributed by atoms with Crippen LogP contribution in [0.5, 0.6) is 0 Å². The lowest BCUT2D eigenvalue weighted by atomic mass is 9.77. The number of aryl methyl sites for hydroxylation is 1.